The van der Waals surface area contributed by atoms with Gasteiger partial charge < -0.3 is 25.4 Å². The minimum atomic E-state index is -0.640. The number of carbonyl (C=O) groups is 4. The molecule has 4 N–H and O–H groups in total. The van der Waals surface area contributed by atoms with E-state index < -0.39 is 12.1 Å². The van der Waals surface area contributed by atoms with Gasteiger partial charge in [0.05, 0.1) is 13.2 Å². The zero-order valence-electron chi connectivity index (χ0n) is 37.4. The molecule has 56 heavy (non-hydrogen) atoms. The molecule has 0 bridgehead atoms. The second-order valence-corrected chi connectivity index (χ2v) is 19.0. The van der Waals surface area contributed by atoms with Crippen molar-refractivity contribution in [2.75, 3.05) is 26.3 Å². The quantitative estimate of drug-likeness (QED) is 0.0493. The first-order valence-corrected chi connectivity index (χ1v) is 21.7. The Morgan fingerprint density at radius 1 is 0.679 bits per heavy atom. The molecule has 1 aromatic carbocycles. The Balaban J connectivity index is 2.73. The largest absolute Gasteiger partial charge is 0.494 e. The number of unbranched alkanes of at least 4 members (excludes halogenated alkanes) is 5. The lowest BCUT2D eigenvalue weighted by atomic mass is 9.81. The van der Waals surface area contributed by atoms with E-state index in [1.807, 2.05) is 32.9 Å². The van der Waals surface area contributed by atoms with Crippen molar-refractivity contribution in [1.29, 1.82) is 0 Å². The maximum Gasteiger partial charge on any atom is 0.323 e. The molecule has 3 atom stereocenters. The Kier molecular flexibility index (Phi) is 24.3. The first kappa shape index (κ1) is 50.9. The van der Waals surface area contributed by atoms with Gasteiger partial charge in [0, 0.05) is 31.0 Å². The second kappa shape index (κ2) is 26.7. The van der Waals surface area contributed by atoms with Crippen molar-refractivity contribution in [3.05, 3.63) is 29.8 Å². The number of hydrogen-bond donors (Lipinski definition) is 4. The molecule has 0 radical (unpaired) electrons. The van der Waals surface area contributed by atoms with Crippen LogP contribution in [0.5, 0.6) is 5.75 Å². The van der Waals surface area contributed by atoms with Gasteiger partial charge in [-0.05, 0) is 127 Å². The Bertz CT molecular complexity index is 1260. The van der Waals surface area contributed by atoms with Crippen LogP contribution >= 0.6 is 0 Å². The maximum absolute atomic E-state index is 13.5. The van der Waals surface area contributed by atoms with E-state index in [0.717, 1.165) is 62.7 Å². The topological polar surface area (TPSA) is 135 Å². The third-order valence-corrected chi connectivity index (χ3v) is 9.50. The van der Waals surface area contributed by atoms with Crippen molar-refractivity contribution < 1.29 is 28.7 Å². The molecule has 322 valence electrons. The van der Waals surface area contributed by atoms with Gasteiger partial charge in [0.25, 0.3) is 0 Å². The van der Waals surface area contributed by atoms with E-state index in [-0.39, 0.29) is 40.6 Å². The molecule has 10 nitrogen and oxygen atoms in total. The van der Waals surface area contributed by atoms with E-state index in [1.54, 1.807) is 6.92 Å². The third kappa shape index (κ3) is 25.9. The highest BCUT2D eigenvalue weighted by Gasteiger charge is 2.27. The smallest absolute Gasteiger partial charge is 0.323 e. The van der Waals surface area contributed by atoms with Crippen molar-refractivity contribution in [3.8, 4) is 5.75 Å². The minimum Gasteiger partial charge on any atom is -0.494 e. The normalized spacial score (nSPS) is 13.7. The summed E-state index contributed by atoms with van der Waals surface area (Å²) in [6.45, 7) is 25.2. The lowest BCUT2D eigenvalue weighted by Gasteiger charge is -2.27. The van der Waals surface area contributed by atoms with Crippen LogP contribution in [0.1, 0.15) is 172 Å². The van der Waals surface area contributed by atoms with Gasteiger partial charge in [0.15, 0.2) is 0 Å². The van der Waals surface area contributed by atoms with Crippen LogP contribution in [0.15, 0.2) is 24.3 Å². The fourth-order valence-electron chi connectivity index (χ4n) is 6.70. The molecular weight excluding hydrogens is 705 g/mol. The van der Waals surface area contributed by atoms with E-state index in [2.05, 4.69) is 81.9 Å². The average molecular weight is 787 g/mol. The Morgan fingerprint density at radius 2 is 1.29 bits per heavy atom. The Hall–Kier alpha value is -3.14. The van der Waals surface area contributed by atoms with Crippen LogP contribution in [-0.2, 0) is 30.3 Å². The van der Waals surface area contributed by atoms with E-state index in [1.165, 1.54) is 0 Å². The standard InChI is InChI=1S/C46H82N4O6/c1-12-14-15-16-24-40(51)49-38(42(53)48-31-20-18-23-39(43(54)55-13-2)50-46(9,10)11)22-17-19-30-47-41(52)36(34-45(6,7)8)33-35-25-27-37(28-26-35)56-32-21-29-44(3,4)5/h25-28,36,38-39,50H,12-24,29-34H2,1-11H3,(H,47,52)(H,48,53)(H,49,51)/t36-,38?,39+/m1/s1. The Morgan fingerprint density at radius 3 is 1.84 bits per heavy atom. The summed E-state index contributed by atoms with van der Waals surface area (Å²) in [5.41, 5.74) is 1.15. The zero-order chi connectivity index (χ0) is 42.2. The van der Waals surface area contributed by atoms with E-state index in [0.29, 0.717) is 76.7 Å². The minimum absolute atomic E-state index is 0.0145. The van der Waals surface area contributed by atoms with Crippen LogP contribution in [-0.4, -0.2) is 67.6 Å². The van der Waals surface area contributed by atoms with Crippen molar-refractivity contribution in [2.24, 2.45) is 16.7 Å². The highest BCUT2D eigenvalue weighted by Crippen LogP contribution is 2.28. The molecule has 0 aromatic heterocycles. The molecule has 0 saturated carbocycles. The van der Waals surface area contributed by atoms with Gasteiger partial charge in [-0.1, -0.05) is 79.9 Å². The highest BCUT2D eigenvalue weighted by molar-refractivity contribution is 5.87. The molecular formula is C46H82N4O6. The first-order chi connectivity index (χ1) is 26.2. The summed E-state index contributed by atoms with van der Waals surface area (Å²) in [6, 6.07) is 7.09. The summed E-state index contributed by atoms with van der Waals surface area (Å²) in [7, 11) is 0. The third-order valence-electron chi connectivity index (χ3n) is 9.50. The molecule has 1 unspecified atom stereocenters. The van der Waals surface area contributed by atoms with Gasteiger partial charge in [-0.2, -0.15) is 0 Å². The number of rotatable bonds is 28. The van der Waals surface area contributed by atoms with E-state index in [4.69, 9.17) is 9.47 Å². The summed E-state index contributed by atoms with van der Waals surface area (Å²) < 4.78 is 11.2. The van der Waals surface area contributed by atoms with Crippen molar-refractivity contribution in [2.45, 2.75) is 190 Å². The van der Waals surface area contributed by atoms with Gasteiger partial charge in [0.2, 0.25) is 17.7 Å². The van der Waals surface area contributed by atoms with E-state index >= 15 is 0 Å². The molecule has 0 spiro atoms. The predicted molar refractivity (Wildman–Crippen MR) is 230 cm³/mol. The van der Waals surface area contributed by atoms with E-state index in [9.17, 15) is 19.2 Å². The average Bonchev–Trinajstić information content (AvgIpc) is 3.09. The van der Waals surface area contributed by atoms with Crippen molar-refractivity contribution >= 4 is 23.7 Å². The number of carbonyl (C=O) groups excluding carboxylic acids is 4. The number of esters is 1. The molecule has 3 amide bonds. The molecule has 0 heterocycles. The SMILES string of the molecule is CCCCCCC(=O)NC(CCCCNC(=O)[C@H](Cc1ccc(OCCCC(C)(C)C)cc1)CC(C)(C)C)C(=O)NCCCC[C@H](NC(C)(C)C)C(=O)OCC. The number of hydrogen-bond acceptors (Lipinski definition) is 7. The van der Waals surface area contributed by atoms with Gasteiger partial charge in [-0.25, -0.2) is 0 Å². The summed E-state index contributed by atoms with van der Waals surface area (Å²) in [6.07, 6.45) is 11.8. The Labute approximate surface area is 341 Å². The van der Waals surface area contributed by atoms with Crippen LogP contribution in [0.3, 0.4) is 0 Å². The second-order valence-electron chi connectivity index (χ2n) is 19.0. The molecule has 1 aromatic rings. The number of amides is 3. The molecule has 0 saturated heterocycles. The number of benzene rings is 1. The van der Waals surface area contributed by atoms with Crippen molar-refractivity contribution in [1.82, 2.24) is 21.3 Å². The van der Waals surface area contributed by atoms with Gasteiger partial charge in [-0.3, -0.25) is 24.5 Å². The van der Waals surface area contributed by atoms with Crippen LogP contribution in [0.4, 0.5) is 0 Å². The van der Waals surface area contributed by atoms with Crippen LogP contribution in [0.2, 0.25) is 0 Å². The van der Waals surface area contributed by atoms with Gasteiger partial charge >= 0.3 is 5.97 Å². The highest BCUT2D eigenvalue weighted by atomic mass is 16.5. The molecule has 0 fully saturated rings. The number of nitrogens with one attached hydrogen (secondary N) is 4. The molecule has 0 aliphatic heterocycles. The predicted octanol–water partition coefficient (Wildman–Crippen LogP) is 8.83. The lowest BCUT2D eigenvalue weighted by molar-refractivity contribution is -0.146. The zero-order valence-corrected chi connectivity index (χ0v) is 37.4. The monoisotopic (exact) mass is 787 g/mol. The number of ether oxygens (including phenoxy) is 2. The molecule has 0 aliphatic rings. The summed E-state index contributed by atoms with van der Waals surface area (Å²) in [5.74, 6) is 0.165. The van der Waals surface area contributed by atoms with Crippen molar-refractivity contribution in [3.63, 3.8) is 0 Å². The van der Waals surface area contributed by atoms with Gasteiger partial charge in [-0.15, -0.1) is 0 Å². The fourth-order valence-corrected chi connectivity index (χ4v) is 6.70. The van der Waals surface area contributed by atoms with Crippen LogP contribution in [0.25, 0.3) is 0 Å². The van der Waals surface area contributed by atoms with Crippen LogP contribution < -0.4 is 26.0 Å². The summed E-state index contributed by atoms with van der Waals surface area (Å²) in [4.78, 5) is 52.2. The van der Waals surface area contributed by atoms with Crippen LogP contribution in [0, 0.1) is 16.7 Å². The maximum atomic E-state index is 13.5. The first-order valence-electron chi connectivity index (χ1n) is 21.7. The molecule has 0 aliphatic carbocycles. The fraction of sp³-hybridized carbons (Fsp3) is 0.783. The lowest BCUT2D eigenvalue weighted by Crippen LogP contribution is -2.48. The van der Waals surface area contributed by atoms with Gasteiger partial charge in [0.1, 0.15) is 17.8 Å². The molecule has 10 heteroatoms. The molecule has 1 rings (SSSR count). The summed E-state index contributed by atoms with van der Waals surface area (Å²) >= 11 is 0. The summed E-state index contributed by atoms with van der Waals surface area (Å²) in [5, 5.41) is 12.5.